The van der Waals surface area contributed by atoms with Crippen LogP contribution in [0.5, 0.6) is 11.6 Å². The number of anilines is 1. The monoisotopic (exact) mass is 283 g/mol. The lowest BCUT2D eigenvalue weighted by atomic mass is 10.3. The van der Waals surface area contributed by atoms with Gasteiger partial charge in [-0.05, 0) is 34.1 Å². The van der Waals surface area contributed by atoms with Crippen LogP contribution in [0.15, 0.2) is 34.9 Å². The Hall–Kier alpha value is -1.69. The molecule has 0 unspecified atom stereocenters. The van der Waals surface area contributed by atoms with E-state index in [9.17, 15) is 4.39 Å². The number of ether oxygens (including phenoxy) is 1. The van der Waals surface area contributed by atoms with Gasteiger partial charge in [-0.3, -0.25) is 0 Å². The molecule has 2 aromatic rings. The maximum absolute atomic E-state index is 13.0. The zero-order valence-electron chi connectivity index (χ0n) is 8.02. The molecule has 2 N–H and O–H groups in total. The molecule has 6 heteroatoms. The number of nitrogen functional groups attached to an aromatic ring is 1. The predicted molar refractivity (Wildman–Crippen MR) is 60.6 cm³/mol. The highest BCUT2D eigenvalue weighted by Crippen LogP contribution is 2.25. The third-order valence-electron chi connectivity index (χ3n) is 1.76. The minimum atomic E-state index is -0.352. The number of aromatic nitrogens is 2. The summed E-state index contributed by atoms with van der Waals surface area (Å²) in [4.78, 5) is 7.59. The van der Waals surface area contributed by atoms with Crippen molar-refractivity contribution < 1.29 is 9.13 Å². The molecule has 1 aromatic heterocycles. The Morgan fingerprint density at radius 2 is 2.12 bits per heavy atom. The van der Waals surface area contributed by atoms with Gasteiger partial charge in [-0.2, -0.15) is 4.98 Å². The fourth-order valence-corrected chi connectivity index (χ4v) is 1.43. The summed E-state index contributed by atoms with van der Waals surface area (Å²) in [5, 5.41) is 0. The van der Waals surface area contributed by atoms with E-state index < -0.39 is 0 Å². The van der Waals surface area contributed by atoms with E-state index in [0.717, 1.165) is 0 Å². The molecular weight excluding hydrogens is 277 g/mol. The Bertz CT molecular complexity index is 521. The van der Waals surface area contributed by atoms with Crippen molar-refractivity contribution in [1.82, 2.24) is 9.97 Å². The van der Waals surface area contributed by atoms with E-state index in [1.807, 2.05) is 0 Å². The first kappa shape index (κ1) is 10.8. The molecule has 0 fully saturated rings. The van der Waals surface area contributed by atoms with Crippen LogP contribution in [0.1, 0.15) is 0 Å². The van der Waals surface area contributed by atoms with Crippen LogP contribution in [-0.2, 0) is 0 Å². The summed E-state index contributed by atoms with van der Waals surface area (Å²) in [6, 6.07) is 5.86. The third kappa shape index (κ3) is 2.46. The van der Waals surface area contributed by atoms with E-state index in [0.29, 0.717) is 16.1 Å². The van der Waals surface area contributed by atoms with E-state index in [2.05, 4.69) is 25.9 Å². The predicted octanol–water partition coefficient (Wildman–Crippen LogP) is 2.75. The minimum Gasteiger partial charge on any atom is -0.439 e. The molecule has 0 radical (unpaired) electrons. The number of hydrogen-bond acceptors (Lipinski definition) is 4. The fraction of sp³-hybridized carbons (Fsp3) is 0. The number of rotatable bonds is 2. The summed E-state index contributed by atoms with van der Waals surface area (Å²) in [5.41, 5.74) is 5.39. The molecule has 16 heavy (non-hydrogen) atoms. The Balaban J connectivity index is 2.24. The number of nitrogens with two attached hydrogens (primary N) is 1. The molecule has 0 saturated carbocycles. The van der Waals surface area contributed by atoms with Crippen LogP contribution >= 0.6 is 15.9 Å². The van der Waals surface area contributed by atoms with Gasteiger partial charge in [0.25, 0.3) is 0 Å². The highest BCUT2D eigenvalue weighted by molar-refractivity contribution is 9.10. The number of halogens is 2. The zero-order chi connectivity index (χ0) is 11.5. The second-order valence-corrected chi connectivity index (χ2v) is 3.79. The quantitative estimate of drug-likeness (QED) is 0.921. The van der Waals surface area contributed by atoms with Crippen LogP contribution in [-0.4, -0.2) is 9.97 Å². The van der Waals surface area contributed by atoms with E-state index in [1.54, 1.807) is 6.07 Å². The van der Waals surface area contributed by atoms with Crippen molar-refractivity contribution in [2.45, 2.75) is 0 Å². The van der Waals surface area contributed by atoms with Crippen molar-refractivity contribution in [2.24, 2.45) is 0 Å². The number of benzene rings is 1. The van der Waals surface area contributed by atoms with Crippen molar-refractivity contribution in [2.75, 3.05) is 5.73 Å². The standard InChI is InChI=1S/C10H7BrFN3O/c11-7-5-6(1-2-8(7)12)16-9-3-4-14-10(13)15-9/h1-5H,(H2,13,14,15). The van der Waals surface area contributed by atoms with Gasteiger partial charge in [0.1, 0.15) is 11.6 Å². The normalized spacial score (nSPS) is 10.1. The van der Waals surface area contributed by atoms with E-state index >= 15 is 0 Å². The molecule has 0 aliphatic heterocycles. The maximum Gasteiger partial charge on any atom is 0.224 e. The van der Waals surface area contributed by atoms with Crippen LogP contribution in [0.3, 0.4) is 0 Å². The van der Waals surface area contributed by atoms with Gasteiger partial charge in [0.15, 0.2) is 0 Å². The third-order valence-corrected chi connectivity index (χ3v) is 2.37. The Kier molecular flexibility index (Phi) is 3.00. The molecule has 2 rings (SSSR count). The number of hydrogen-bond donors (Lipinski definition) is 1. The smallest absolute Gasteiger partial charge is 0.224 e. The van der Waals surface area contributed by atoms with Crippen molar-refractivity contribution in [3.63, 3.8) is 0 Å². The molecule has 0 spiro atoms. The van der Waals surface area contributed by atoms with E-state index in [-0.39, 0.29) is 11.8 Å². The first-order chi connectivity index (χ1) is 7.65. The van der Waals surface area contributed by atoms with Gasteiger partial charge >= 0.3 is 0 Å². The lowest BCUT2D eigenvalue weighted by Gasteiger charge is -2.05. The zero-order valence-corrected chi connectivity index (χ0v) is 9.61. The summed E-state index contributed by atoms with van der Waals surface area (Å²) >= 11 is 3.06. The topological polar surface area (TPSA) is 61.0 Å². The fourth-order valence-electron chi connectivity index (χ4n) is 1.07. The lowest BCUT2D eigenvalue weighted by Crippen LogP contribution is -1.96. The van der Waals surface area contributed by atoms with Crippen molar-refractivity contribution in [1.29, 1.82) is 0 Å². The van der Waals surface area contributed by atoms with E-state index in [4.69, 9.17) is 10.5 Å². The highest BCUT2D eigenvalue weighted by atomic mass is 79.9. The van der Waals surface area contributed by atoms with Gasteiger partial charge in [0.2, 0.25) is 11.8 Å². The lowest BCUT2D eigenvalue weighted by molar-refractivity contribution is 0.460. The van der Waals surface area contributed by atoms with Gasteiger partial charge < -0.3 is 10.5 Å². The van der Waals surface area contributed by atoms with Crippen molar-refractivity contribution in [3.05, 3.63) is 40.8 Å². The molecule has 0 atom stereocenters. The maximum atomic E-state index is 13.0. The average molecular weight is 284 g/mol. The van der Waals surface area contributed by atoms with Crippen LogP contribution in [0.25, 0.3) is 0 Å². The minimum absolute atomic E-state index is 0.124. The molecule has 0 amide bonds. The average Bonchev–Trinajstić information content (AvgIpc) is 2.24. The second kappa shape index (κ2) is 4.44. The molecule has 0 aliphatic rings. The molecule has 0 saturated heterocycles. The molecule has 82 valence electrons. The Morgan fingerprint density at radius 1 is 1.31 bits per heavy atom. The Labute approximate surface area is 99.4 Å². The van der Waals surface area contributed by atoms with Gasteiger partial charge in [0.05, 0.1) is 4.47 Å². The molecule has 0 aliphatic carbocycles. The summed E-state index contributed by atoms with van der Waals surface area (Å²) in [5.74, 6) is 0.547. The van der Waals surface area contributed by atoms with Crippen molar-refractivity contribution >= 4 is 21.9 Å². The summed E-state index contributed by atoms with van der Waals surface area (Å²) in [6.45, 7) is 0. The van der Waals surface area contributed by atoms with Gasteiger partial charge in [-0.25, -0.2) is 9.37 Å². The van der Waals surface area contributed by atoms with Gasteiger partial charge in [-0.1, -0.05) is 0 Å². The SMILES string of the molecule is Nc1nccc(Oc2ccc(F)c(Br)c2)n1. The van der Waals surface area contributed by atoms with Crippen LogP contribution in [0.2, 0.25) is 0 Å². The van der Waals surface area contributed by atoms with Gasteiger partial charge in [-0.15, -0.1) is 0 Å². The molecule has 4 nitrogen and oxygen atoms in total. The Morgan fingerprint density at radius 3 is 2.81 bits per heavy atom. The highest BCUT2D eigenvalue weighted by Gasteiger charge is 2.03. The summed E-state index contributed by atoms with van der Waals surface area (Å²) in [6.07, 6.45) is 1.48. The molecule has 1 aromatic carbocycles. The first-order valence-electron chi connectivity index (χ1n) is 4.36. The molecular formula is C10H7BrFN3O. The molecule has 0 bridgehead atoms. The van der Waals surface area contributed by atoms with Crippen molar-refractivity contribution in [3.8, 4) is 11.6 Å². The largest absolute Gasteiger partial charge is 0.439 e. The first-order valence-corrected chi connectivity index (χ1v) is 5.16. The summed E-state index contributed by atoms with van der Waals surface area (Å²) in [7, 11) is 0. The van der Waals surface area contributed by atoms with Crippen LogP contribution in [0.4, 0.5) is 10.3 Å². The molecule has 1 heterocycles. The summed E-state index contributed by atoms with van der Waals surface area (Å²) < 4.78 is 18.6. The number of nitrogens with zero attached hydrogens (tertiary/aromatic N) is 2. The second-order valence-electron chi connectivity index (χ2n) is 2.93. The van der Waals surface area contributed by atoms with Crippen LogP contribution < -0.4 is 10.5 Å². The van der Waals surface area contributed by atoms with E-state index in [1.165, 1.54) is 24.4 Å². The van der Waals surface area contributed by atoms with Crippen LogP contribution in [0, 0.1) is 5.82 Å². The van der Waals surface area contributed by atoms with Gasteiger partial charge in [0, 0.05) is 12.3 Å².